The van der Waals surface area contributed by atoms with Gasteiger partial charge in [-0.2, -0.15) is 0 Å². The molecule has 0 spiro atoms. The summed E-state index contributed by atoms with van der Waals surface area (Å²) in [6.07, 6.45) is 10.5. The lowest BCUT2D eigenvalue weighted by atomic mass is 9.85. The first kappa shape index (κ1) is 11.7. The van der Waals surface area contributed by atoms with Gasteiger partial charge in [0.25, 0.3) is 0 Å². The van der Waals surface area contributed by atoms with Crippen LogP contribution in [0.25, 0.3) is 0 Å². The molecule has 0 aromatic heterocycles. The van der Waals surface area contributed by atoms with Crippen LogP contribution in [-0.4, -0.2) is 14.4 Å². The standard InChI is InChI=1S/C13H26OSi/c1-3-12-8-4-5-9-13(12)14-15(2)10-6-7-11-15/h12-13H,3-11H2,1-2H3. The third-order valence-electron chi connectivity index (χ3n) is 4.46. The van der Waals surface area contributed by atoms with Crippen molar-refractivity contribution < 1.29 is 4.43 Å². The van der Waals surface area contributed by atoms with Crippen molar-refractivity contribution in [2.24, 2.45) is 5.92 Å². The summed E-state index contributed by atoms with van der Waals surface area (Å²) in [5, 5.41) is 0. The fraction of sp³-hybridized carbons (Fsp3) is 1.00. The fourth-order valence-electron chi connectivity index (χ4n) is 3.40. The maximum Gasteiger partial charge on any atom is 0.190 e. The van der Waals surface area contributed by atoms with Crippen LogP contribution in [0.1, 0.15) is 51.9 Å². The Kier molecular flexibility index (Phi) is 3.89. The smallest absolute Gasteiger partial charge is 0.190 e. The molecule has 2 unspecified atom stereocenters. The Bertz CT molecular complexity index is 199. The molecular weight excluding hydrogens is 200 g/mol. The molecule has 1 aliphatic carbocycles. The van der Waals surface area contributed by atoms with Crippen molar-refractivity contribution in [3.63, 3.8) is 0 Å². The van der Waals surface area contributed by atoms with E-state index in [1.807, 2.05) is 0 Å². The molecule has 1 aliphatic heterocycles. The molecule has 15 heavy (non-hydrogen) atoms. The zero-order valence-electron chi connectivity index (χ0n) is 10.4. The lowest BCUT2D eigenvalue weighted by Crippen LogP contribution is -2.40. The molecular formula is C13H26OSi. The molecule has 1 saturated carbocycles. The Morgan fingerprint density at radius 1 is 1.07 bits per heavy atom. The van der Waals surface area contributed by atoms with Crippen molar-refractivity contribution >= 4 is 8.32 Å². The van der Waals surface area contributed by atoms with E-state index in [-0.39, 0.29) is 0 Å². The first-order valence-corrected chi connectivity index (χ1v) is 9.73. The molecule has 0 aromatic carbocycles. The second kappa shape index (κ2) is 5.01. The Morgan fingerprint density at radius 2 is 1.73 bits per heavy atom. The summed E-state index contributed by atoms with van der Waals surface area (Å²) in [6, 6.07) is 2.86. The van der Waals surface area contributed by atoms with Crippen LogP contribution in [0.4, 0.5) is 0 Å². The van der Waals surface area contributed by atoms with E-state index in [0.717, 1.165) is 5.92 Å². The number of rotatable bonds is 3. The highest BCUT2D eigenvalue weighted by atomic mass is 28.4. The van der Waals surface area contributed by atoms with Gasteiger partial charge < -0.3 is 4.43 Å². The van der Waals surface area contributed by atoms with E-state index in [4.69, 9.17) is 4.43 Å². The molecule has 2 rings (SSSR count). The van der Waals surface area contributed by atoms with Gasteiger partial charge in [0, 0.05) is 6.10 Å². The van der Waals surface area contributed by atoms with Gasteiger partial charge in [-0.3, -0.25) is 0 Å². The summed E-state index contributed by atoms with van der Waals surface area (Å²) in [5.74, 6) is 0.878. The van der Waals surface area contributed by atoms with Gasteiger partial charge in [-0.05, 0) is 37.4 Å². The quantitative estimate of drug-likeness (QED) is 0.650. The van der Waals surface area contributed by atoms with Crippen LogP contribution in [0.2, 0.25) is 18.6 Å². The first-order valence-electron chi connectivity index (χ1n) is 6.91. The summed E-state index contributed by atoms with van der Waals surface area (Å²) in [4.78, 5) is 0. The summed E-state index contributed by atoms with van der Waals surface area (Å²) in [5.41, 5.74) is 0. The third kappa shape index (κ3) is 2.85. The zero-order chi connectivity index (χ0) is 10.7. The van der Waals surface area contributed by atoms with E-state index < -0.39 is 8.32 Å². The second-order valence-corrected chi connectivity index (χ2v) is 9.90. The van der Waals surface area contributed by atoms with Crippen molar-refractivity contribution in [2.75, 3.05) is 0 Å². The SMILES string of the molecule is CCC1CCCCC1O[Si]1(C)CCCC1. The van der Waals surface area contributed by atoms with Crippen LogP contribution in [-0.2, 0) is 4.43 Å². The van der Waals surface area contributed by atoms with Crippen LogP contribution in [0.15, 0.2) is 0 Å². The second-order valence-electron chi connectivity index (χ2n) is 5.77. The Morgan fingerprint density at radius 3 is 2.40 bits per heavy atom. The maximum absolute atomic E-state index is 6.58. The minimum atomic E-state index is -1.23. The van der Waals surface area contributed by atoms with E-state index in [2.05, 4.69) is 13.5 Å². The van der Waals surface area contributed by atoms with Crippen molar-refractivity contribution in [1.82, 2.24) is 0 Å². The van der Waals surface area contributed by atoms with Gasteiger partial charge in [0.1, 0.15) is 0 Å². The molecule has 2 heteroatoms. The normalized spacial score (nSPS) is 35.6. The van der Waals surface area contributed by atoms with Crippen LogP contribution >= 0.6 is 0 Å². The van der Waals surface area contributed by atoms with E-state index in [9.17, 15) is 0 Å². The van der Waals surface area contributed by atoms with Crippen molar-refractivity contribution in [3.8, 4) is 0 Å². The maximum atomic E-state index is 6.58. The predicted octanol–water partition coefficient (Wildman–Crippen LogP) is 4.34. The number of hydrogen-bond donors (Lipinski definition) is 0. The summed E-state index contributed by atoms with van der Waals surface area (Å²) >= 11 is 0. The number of hydrogen-bond acceptors (Lipinski definition) is 1. The molecule has 0 bridgehead atoms. The van der Waals surface area contributed by atoms with Gasteiger partial charge in [-0.25, -0.2) is 0 Å². The van der Waals surface area contributed by atoms with E-state index in [0.29, 0.717) is 6.10 Å². The van der Waals surface area contributed by atoms with Gasteiger partial charge in [-0.1, -0.05) is 39.0 Å². The average molecular weight is 226 g/mol. The molecule has 88 valence electrons. The van der Waals surface area contributed by atoms with Gasteiger partial charge in [0.2, 0.25) is 0 Å². The van der Waals surface area contributed by atoms with Gasteiger partial charge in [0.05, 0.1) is 0 Å². The predicted molar refractivity (Wildman–Crippen MR) is 67.6 cm³/mol. The fourth-order valence-corrected chi connectivity index (χ4v) is 6.92. The largest absolute Gasteiger partial charge is 0.414 e. The Balaban J connectivity index is 1.90. The highest BCUT2D eigenvalue weighted by molar-refractivity contribution is 6.73. The molecule has 1 heterocycles. The van der Waals surface area contributed by atoms with E-state index in [1.54, 1.807) is 0 Å². The van der Waals surface area contributed by atoms with Crippen molar-refractivity contribution in [1.29, 1.82) is 0 Å². The molecule has 0 radical (unpaired) electrons. The molecule has 0 N–H and O–H groups in total. The third-order valence-corrected chi connectivity index (χ3v) is 8.16. The molecule has 2 fully saturated rings. The lowest BCUT2D eigenvalue weighted by molar-refractivity contribution is 0.0821. The van der Waals surface area contributed by atoms with E-state index in [1.165, 1.54) is 57.0 Å². The average Bonchev–Trinajstić information content (AvgIpc) is 2.66. The monoisotopic (exact) mass is 226 g/mol. The Hall–Kier alpha value is 0.177. The molecule has 0 amide bonds. The van der Waals surface area contributed by atoms with Gasteiger partial charge >= 0.3 is 0 Å². The van der Waals surface area contributed by atoms with Gasteiger partial charge in [0.15, 0.2) is 8.32 Å². The van der Waals surface area contributed by atoms with Crippen LogP contribution in [0.5, 0.6) is 0 Å². The highest BCUT2D eigenvalue weighted by Gasteiger charge is 2.37. The first-order chi connectivity index (χ1) is 7.23. The van der Waals surface area contributed by atoms with Crippen molar-refractivity contribution in [2.45, 2.75) is 76.6 Å². The zero-order valence-corrected chi connectivity index (χ0v) is 11.4. The summed E-state index contributed by atoms with van der Waals surface area (Å²) in [6.45, 7) is 4.81. The summed E-state index contributed by atoms with van der Waals surface area (Å²) < 4.78 is 6.58. The van der Waals surface area contributed by atoms with Gasteiger partial charge in [-0.15, -0.1) is 0 Å². The molecule has 2 atom stereocenters. The molecule has 0 aromatic rings. The Labute approximate surface area is 95.7 Å². The molecule has 2 aliphatic rings. The lowest BCUT2D eigenvalue weighted by Gasteiger charge is -2.36. The molecule has 1 nitrogen and oxygen atoms in total. The highest BCUT2D eigenvalue weighted by Crippen LogP contribution is 2.37. The van der Waals surface area contributed by atoms with E-state index >= 15 is 0 Å². The van der Waals surface area contributed by atoms with Crippen LogP contribution in [0.3, 0.4) is 0 Å². The summed E-state index contributed by atoms with van der Waals surface area (Å²) in [7, 11) is -1.23. The topological polar surface area (TPSA) is 9.23 Å². The minimum absolute atomic E-state index is 0.638. The van der Waals surface area contributed by atoms with Crippen LogP contribution < -0.4 is 0 Å². The minimum Gasteiger partial charge on any atom is -0.414 e. The van der Waals surface area contributed by atoms with Crippen molar-refractivity contribution in [3.05, 3.63) is 0 Å². The van der Waals surface area contributed by atoms with Crippen LogP contribution in [0, 0.1) is 5.92 Å². The molecule has 1 saturated heterocycles.